The van der Waals surface area contributed by atoms with Gasteiger partial charge in [0.2, 0.25) is 5.91 Å². The van der Waals surface area contributed by atoms with Crippen molar-refractivity contribution in [3.63, 3.8) is 0 Å². The molecule has 1 aliphatic heterocycles. The van der Waals surface area contributed by atoms with Gasteiger partial charge in [-0.1, -0.05) is 0 Å². The maximum absolute atomic E-state index is 12.9. The molecule has 2 aliphatic carbocycles. The highest BCUT2D eigenvalue weighted by Gasteiger charge is 2.40. The van der Waals surface area contributed by atoms with Crippen LogP contribution in [0.3, 0.4) is 0 Å². The minimum Gasteiger partial charge on any atom is -0.365 e. The summed E-state index contributed by atoms with van der Waals surface area (Å²) in [5.74, 6) is 0.216. The molecule has 1 atom stereocenters. The highest BCUT2D eigenvalue weighted by molar-refractivity contribution is 7.17. The molecule has 2 aromatic rings. The van der Waals surface area contributed by atoms with Gasteiger partial charge in [0, 0.05) is 22.3 Å². The van der Waals surface area contributed by atoms with Crippen LogP contribution in [0.5, 0.6) is 0 Å². The fourth-order valence-corrected chi connectivity index (χ4v) is 7.03. The van der Waals surface area contributed by atoms with E-state index in [0.29, 0.717) is 29.1 Å². The van der Waals surface area contributed by atoms with Crippen LogP contribution in [0.15, 0.2) is 11.4 Å². The van der Waals surface area contributed by atoms with Crippen molar-refractivity contribution in [1.29, 1.82) is 0 Å². The summed E-state index contributed by atoms with van der Waals surface area (Å²) in [7, 11) is 0. The number of amides is 2. The van der Waals surface area contributed by atoms with E-state index in [0.717, 1.165) is 44.2 Å². The number of nitrogens with one attached hydrogen (secondary N) is 1. The smallest absolute Gasteiger partial charge is 0.251 e. The van der Waals surface area contributed by atoms with Gasteiger partial charge >= 0.3 is 0 Å². The number of hydrogen-bond acceptors (Lipinski definition) is 5. The van der Waals surface area contributed by atoms with Crippen LogP contribution < -0.4 is 11.1 Å². The van der Waals surface area contributed by atoms with Gasteiger partial charge in [-0.05, 0) is 73.4 Å². The summed E-state index contributed by atoms with van der Waals surface area (Å²) >= 11 is 3.38. The molecule has 2 aromatic heterocycles. The van der Waals surface area contributed by atoms with Crippen LogP contribution in [0.1, 0.15) is 63.0 Å². The molecule has 148 valence electrons. The summed E-state index contributed by atoms with van der Waals surface area (Å²) in [6.07, 6.45) is 7.60. The first-order chi connectivity index (χ1) is 13.6. The maximum atomic E-state index is 12.9. The highest BCUT2D eigenvalue weighted by atomic mass is 32.1. The van der Waals surface area contributed by atoms with E-state index in [4.69, 9.17) is 5.73 Å². The van der Waals surface area contributed by atoms with Gasteiger partial charge in [0.05, 0.1) is 12.1 Å². The molecule has 5 nitrogen and oxygen atoms in total. The standard InChI is InChI=1S/C21H25N3O2S2/c22-20(26)18-13-3-1-2-4-16(13)28-21(18)23-17(25)11-24-9-7-15-14(8-10-27-15)19(24)12-5-6-12/h8,10,12,19H,1-7,9,11H2,(H2,22,26)(H,23,25)/t19-/m0/s1. The van der Waals surface area contributed by atoms with Gasteiger partial charge in [0.25, 0.3) is 5.91 Å². The lowest BCUT2D eigenvalue weighted by molar-refractivity contribution is -0.118. The first kappa shape index (κ1) is 18.3. The van der Waals surface area contributed by atoms with Crippen molar-refractivity contribution in [2.75, 3.05) is 18.4 Å². The number of carbonyl (C=O) groups is 2. The molecular weight excluding hydrogens is 390 g/mol. The highest BCUT2D eigenvalue weighted by Crippen LogP contribution is 2.48. The Labute approximate surface area is 172 Å². The van der Waals surface area contributed by atoms with E-state index in [-0.39, 0.29) is 5.91 Å². The molecule has 3 heterocycles. The molecule has 0 bridgehead atoms. The third kappa shape index (κ3) is 3.29. The number of fused-ring (bicyclic) bond motifs is 2. The van der Waals surface area contributed by atoms with Crippen molar-refractivity contribution in [2.45, 2.75) is 51.0 Å². The summed E-state index contributed by atoms with van der Waals surface area (Å²) in [4.78, 5) is 30.0. The molecule has 0 unspecified atom stereocenters. The number of thiophene rings is 2. The second-order valence-corrected chi connectivity index (χ2v) is 10.2. The van der Waals surface area contributed by atoms with E-state index in [1.54, 1.807) is 11.3 Å². The lowest BCUT2D eigenvalue weighted by Crippen LogP contribution is -2.41. The van der Waals surface area contributed by atoms with Crippen LogP contribution in [0.4, 0.5) is 5.00 Å². The molecule has 0 radical (unpaired) electrons. The number of anilines is 1. The fraction of sp³-hybridized carbons (Fsp3) is 0.524. The number of nitrogens with zero attached hydrogens (tertiary/aromatic N) is 1. The zero-order valence-electron chi connectivity index (χ0n) is 15.8. The molecule has 5 rings (SSSR count). The van der Waals surface area contributed by atoms with Crippen LogP contribution in [0, 0.1) is 5.92 Å². The molecule has 28 heavy (non-hydrogen) atoms. The lowest BCUT2D eigenvalue weighted by atomic mass is 9.95. The number of nitrogens with two attached hydrogens (primary N) is 1. The van der Waals surface area contributed by atoms with Crippen molar-refractivity contribution in [3.8, 4) is 0 Å². The molecule has 3 N–H and O–H groups in total. The zero-order chi connectivity index (χ0) is 19.3. The Bertz CT molecular complexity index is 928. The maximum Gasteiger partial charge on any atom is 0.251 e. The summed E-state index contributed by atoms with van der Waals surface area (Å²) in [6.45, 7) is 1.29. The molecule has 1 saturated carbocycles. The van der Waals surface area contributed by atoms with Gasteiger partial charge in [0.15, 0.2) is 0 Å². The quantitative estimate of drug-likeness (QED) is 0.781. The molecule has 0 spiro atoms. The number of hydrogen-bond donors (Lipinski definition) is 2. The number of carbonyl (C=O) groups excluding carboxylic acids is 2. The molecule has 0 saturated heterocycles. The normalized spacial score (nSPS) is 21.8. The monoisotopic (exact) mass is 415 g/mol. The summed E-state index contributed by atoms with van der Waals surface area (Å²) in [6, 6.07) is 2.61. The van der Waals surface area contributed by atoms with Crippen molar-refractivity contribution in [2.24, 2.45) is 11.7 Å². The van der Waals surface area contributed by atoms with Gasteiger partial charge in [0.1, 0.15) is 5.00 Å². The van der Waals surface area contributed by atoms with Gasteiger partial charge < -0.3 is 11.1 Å². The van der Waals surface area contributed by atoms with E-state index >= 15 is 0 Å². The summed E-state index contributed by atoms with van der Waals surface area (Å²) in [5.41, 5.74) is 8.70. The van der Waals surface area contributed by atoms with E-state index < -0.39 is 5.91 Å². The van der Waals surface area contributed by atoms with Crippen LogP contribution in [0.2, 0.25) is 0 Å². The molecular formula is C21H25N3O2S2. The Hall–Kier alpha value is -1.70. The Balaban J connectivity index is 1.34. The van der Waals surface area contributed by atoms with Crippen LogP contribution >= 0.6 is 22.7 Å². The topological polar surface area (TPSA) is 75.4 Å². The van der Waals surface area contributed by atoms with Crippen LogP contribution in [-0.4, -0.2) is 29.8 Å². The lowest BCUT2D eigenvalue weighted by Gasteiger charge is -2.35. The SMILES string of the molecule is NC(=O)c1c(NC(=O)CN2CCc3sccc3[C@@H]2C2CC2)sc2c1CCCC2. The predicted molar refractivity (Wildman–Crippen MR) is 113 cm³/mol. The average Bonchev–Trinajstić information content (AvgIpc) is 3.26. The molecule has 2 amide bonds. The van der Waals surface area contributed by atoms with Crippen molar-refractivity contribution < 1.29 is 9.59 Å². The predicted octanol–water partition coefficient (Wildman–Crippen LogP) is 3.74. The molecule has 1 fully saturated rings. The van der Waals surface area contributed by atoms with Gasteiger partial charge in [-0.3, -0.25) is 14.5 Å². The zero-order valence-corrected chi connectivity index (χ0v) is 17.5. The second kappa shape index (κ2) is 7.28. The number of primary amides is 1. The Morgan fingerprint density at radius 1 is 1.18 bits per heavy atom. The van der Waals surface area contributed by atoms with Crippen molar-refractivity contribution in [1.82, 2.24) is 4.90 Å². The van der Waals surface area contributed by atoms with Crippen molar-refractivity contribution in [3.05, 3.63) is 37.9 Å². The van der Waals surface area contributed by atoms with Gasteiger partial charge in [-0.25, -0.2) is 0 Å². The summed E-state index contributed by atoms with van der Waals surface area (Å²) < 4.78 is 0. The van der Waals surface area contributed by atoms with E-state index in [9.17, 15) is 9.59 Å². The first-order valence-corrected chi connectivity index (χ1v) is 11.9. The Kier molecular flexibility index (Phi) is 4.77. The Morgan fingerprint density at radius 2 is 2.00 bits per heavy atom. The van der Waals surface area contributed by atoms with Crippen molar-refractivity contribution >= 4 is 39.5 Å². The number of rotatable bonds is 5. The second-order valence-electron chi connectivity index (χ2n) is 8.13. The van der Waals surface area contributed by atoms with E-state index in [1.807, 2.05) is 11.3 Å². The Morgan fingerprint density at radius 3 is 2.79 bits per heavy atom. The minimum atomic E-state index is -0.425. The van der Waals surface area contributed by atoms with Crippen LogP contribution in [-0.2, 0) is 24.1 Å². The largest absolute Gasteiger partial charge is 0.365 e. The number of aryl methyl sites for hydroxylation is 1. The van der Waals surface area contributed by atoms with Crippen LogP contribution in [0.25, 0.3) is 0 Å². The first-order valence-electron chi connectivity index (χ1n) is 10.2. The third-order valence-corrected chi connectivity index (χ3v) is 8.41. The fourth-order valence-electron chi connectivity index (χ4n) is 4.80. The van der Waals surface area contributed by atoms with E-state index in [2.05, 4.69) is 21.7 Å². The third-order valence-electron chi connectivity index (χ3n) is 6.20. The molecule has 7 heteroatoms. The molecule has 0 aromatic carbocycles. The summed E-state index contributed by atoms with van der Waals surface area (Å²) in [5, 5.41) is 5.87. The van der Waals surface area contributed by atoms with E-state index in [1.165, 1.54) is 28.2 Å². The minimum absolute atomic E-state index is 0.0366. The van der Waals surface area contributed by atoms with Gasteiger partial charge in [-0.2, -0.15) is 0 Å². The average molecular weight is 416 g/mol. The van der Waals surface area contributed by atoms with Gasteiger partial charge in [-0.15, -0.1) is 22.7 Å². The molecule has 3 aliphatic rings.